The summed E-state index contributed by atoms with van der Waals surface area (Å²) in [6, 6.07) is 6.81. The second kappa shape index (κ2) is 9.38. The second-order valence-corrected chi connectivity index (χ2v) is 7.53. The summed E-state index contributed by atoms with van der Waals surface area (Å²) in [6.07, 6.45) is 6.32. The molecule has 5 heteroatoms. The van der Waals surface area contributed by atoms with Gasteiger partial charge in [0.25, 0.3) is 0 Å². The highest BCUT2D eigenvalue weighted by Gasteiger charge is 2.36. The Morgan fingerprint density at radius 1 is 1.19 bits per heavy atom. The molecule has 5 nitrogen and oxygen atoms in total. The van der Waals surface area contributed by atoms with Gasteiger partial charge in [-0.2, -0.15) is 0 Å². The molecule has 1 saturated heterocycles. The fraction of sp³-hybridized carbons (Fsp3) is 0.667. The van der Waals surface area contributed by atoms with Crippen LogP contribution >= 0.6 is 0 Å². The number of piperidine rings is 1. The van der Waals surface area contributed by atoms with Crippen LogP contribution in [0, 0.1) is 5.92 Å². The van der Waals surface area contributed by atoms with Gasteiger partial charge in [-0.1, -0.05) is 6.07 Å². The molecule has 0 aromatic heterocycles. The molecule has 1 aliphatic carbocycles. The van der Waals surface area contributed by atoms with E-state index in [9.17, 15) is 4.79 Å². The number of nitrogens with one attached hydrogen (secondary N) is 1. The quantitative estimate of drug-likeness (QED) is 0.688. The van der Waals surface area contributed by atoms with E-state index >= 15 is 0 Å². The third-order valence-electron chi connectivity index (χ3n) is 5.35. The first-order valence-corrected chi connectivity index (χ1v) is 9.88. The SMILES string of the molecule is COCCCc1cc(CN(C(=O)C2CCCNC2)C2CC2)cc(OC)c1. The molecule has 2 aliphatic rings. The Balaban J connectivity index is 1.71. The lowest BCUT2D eigenvalue weighted by Gasteiger charge is -2.30. The molecule has 144 valence electrons. The molecule has 1 aromatic rings. The Bertz CT molecular complexity index is 595. The van der Waals surface area contributed by atoms with Gasteiger partial charge in [0.1, 0.15) is 5.75 Å². The first kappa shape index (κ1) is 19.2. The number of rotatable bonds is 9. The number of benzene rings is 1. The van der Waals surface area contributed by atoms with Gasteiger partial charge >= 0.3 is 0 Å². The van der Waals surface area contributed by atoms with Crippen molar-refractivity contribution < 1.29 is 14.3 Å². The average Bonchev–Trinajstić information content (AvgIpc) is 3.51. The first-order chi connectivity index (χ1) is 12.7. The van der Waals surface area contributed by atoms with E-state index in [1.54, 1.807) is 14.2 Å². The highest BCUT2D eigenvalue weighted by Crippen LogP contribution is 2.31. The number of amides is 1. The number of hydrogen-bond acceptors (Lipinski definition) is 4. The van der Waals surface area contributed by atoms with Crippen LogP contribution in [0.15, 0.2) is 18.2 Å². The van der Waals surface area contributed by atoms with Crippen LogP contribution in [0.4, 0.5) is 0 Å². The zero-order chi connectivity index (χ0) is 18.4. The summed E-state index contributed by atoms with van der Waals surface area (Å²) in [4.78, 5) is 15.2. The minimum Gasteiger partial charge on any atom is -0.497 e. The molecule has 1 saturated carbocycles. The minimum absolute atomic E-state index is 0.135. The average molecular weight is 360 g/mol. The van der Waals surface area contributed by atoms with Gasteiger partial charge in [-0.05, 0) is 68.3 Å². The van der Waals surface area contributed by atoms with E-state index in [0.29, 0.717) is 18.5 Å². The van der Waals surface area contributed by atoms with Crippen LogP contribution in [0.5, 0.6) is 5.75 Å². The molecule has 1 heterocycles. The molecule has 1 N–H and O–H groups in total. The van der Waals surface area contributed by atoms with Crippen molar-refractivity contribution in [1.29, 1.82) is 0 Å². The predicted molar refractivity (Wildman–Crippen MR) is 102 cm³/mol. The highest BCUT2D eigenvalue weighted by molar-refractivity contribution is 5.80. The van der Waals surface area contributed by atoms with Gasteiger partial charge in [-0.3, -0.25) is 4.79 Å². The number of hydrogen-bond donors (Lipinski definition) is 1. The van der Waals surface area contributed by atoms with Crippen molar-refractivity contribution in [3.63, 3.8) is 0 Å². The Morgan fingerprint density at radius 3 is 2.65 bits per heavy atom. The van der Waals surface area contributed by atoms with Crippen molar-refractivity contribution in [1.82, 2.24) is 10.2 Å². The van der Waals surface area contributed by atoms with Gasteiger partial charge in [0.05, 0.1) is 13.0 Å². The van der Waals surface area contributed by atoms with Crippen molar-refractivity contribution in [2.24, 2.45) is 5.92 Å². The monoisotopic (exact) mass is 360 g/mol. The van der Waals surface area contributed by atoms with E-state index < -0.39 is 0 Å². The summed E-state index contributed by atoms with van der Waals surface area (Å²) in [7, 11) is 3.44. The maximum Gasteiger partial charge on any atom is 0.227 e. The summed E-state index contributed by atoms with van der Waals surface area (Å²) < 4.78 is 10.7. The van der Waals surface area contributed by atoms with Crippen LogP contribution in [0.2, 0.25) is 0 Å². The van der Waals surface area contributed by atoms with Crippen LogP contribution in [0.25, 0.3) is 0 Å². The molecular weight excluding hydrogens is 328 g/mol. The van der Waals surface area contributed by atoms with Crippen molar-refractivity contribution in [2.45, 2.75) is 51.1 Å². The highest BCUT2D eigenvalue weighted by atomic mass is 16.5. The largest absolute Gasteiger partial charge is 0.497 e. The van der Waals surface area contributed by atoms with Crippen molar-refractivity contribution in [3.8, 4) is 5.75 Å². The van der Waals surface area contributed by atoms with Crippen molar-refractivity contribution in [3.05, 3.63) is 29.3 Å². The van der Waals surface area contributed by atoms with Gasteiger partial charge < -0.3 is 19.7 Å². The molecule has 0 spiro atoms. The molecule has 0 bridgehead atoms. The molecule has 1 unspecified atom stereocenters. The van der Waals surface area contributed by atoms with Gasteiger partial charge in [-0.25, -0.2) is 0 Å². The summed E-state index contributed by atoms with van der Waals surface area (Å²) in [5.41, 5.74) is 2.42. The second-order valence-electron chi connectivity index (χ2n) is 7.53. The molecular formula is C21H32N2O3. The van der Waals surface area contributed by atoms with Crippen molar-refractivity contribution in [2.75, 3.05) is 33.9 Å². The topological polar surface area (TPSA) is 50.8 Å². The molecule has 3 rings (SSSR count). The molecule has 2 fully saturated rings. The third-order valence-corrected chi connectivity index (χ3v) is 5.35. The van der Waals surface area contributed by atoms with E-state index in [4.69, 9.17) is 9.47 Å². The summed E-state index contributed by atoms with van der Waals surface area (Å²) >= 11 is 0. The molecule has 1 atom stereocenters. The normalized spacial score (nSPS) is 20.0. The summed E-state index contributed by atoms with van der Waals surface area (Å²) in [5, 5.41) is 3.37. The minimum atomic E-state index is 0.135. The number of carbonyl (C=O) groups is 1. The summed E-state index contributed by atoms with van der Waals surface area (Å²) in [6.45, 7) is 3.30. The molecule has 26 heavy (non-hydrogen) atoms. The Labute approximate surface area is 157 Å². The maximum atomic E-state index is 13.1. The van der Waals surface area contributed by atoms with E-state index in [1.165, 1.54) is 11.1 Å². The molecule has 0 radical (unpaired) electrons. The zero-order valence-electron chi connectivity index (χ0n) is 16.1. The molecule has 1 amide bonds. The van der Waals surface area contributed by atoms with E-state index in [0.717, 1.165) is 64.0 Å². The maximum absolute atomic E-state index is 13.1. The zero-order valence-corrected chi connectivity index (χ0v) is 16.1. The number of carbonyl (C=O) groups excluding carboxylic acids is 1. The van der Waals surface area contributed by atoms with Gasteiger partial charge in [0.15, 0.2) is 0 Å². The Morgan fingerprint density at radius 2 is 2.00 bits per heavy atom. The first-order valence-electron chi connectivity index (χ1n) is 9.88. The number of methoxy groups -OCH3 is 2. The standard InChI is InChI=1S/C21H32N2O3/c1-25-10-4-5-16-11-17(13-20(12-16)26-2)15-23(19-7-8-19)21(24)18-6-3-9-22-14-18/h11-13,18-19,22H,3-10,14-15H2,1-2H3. The lowest BCUT2D eigenvalue weighted by Crippen LogP contribution is -2.43. The lowest BCUT2D eigenvalue weighted by molar-refractivity contribution is -0.137. The fourth-order valence-corrected chi connectivity index (χ4v) is 3.77. The molecule has 1 aliphatic heterocycles. The van der Waals surface area contributed by atoms with Gasteiger partial charge in [0.2, 0.25) is 5.91 Å². The smallest absolute Gasteiger partial charge is 0.227 e. The third kappa shape index (κ3) is 5.21. The van der Waals surface area contributed by atoms with E-state index in [1.807, 2.05) is 0 Å². The van der Waals surface area contributed by atoms with Crippen LogP contribution in [-0.4, -0.2) is 50.8 Å². The Hall–Kier alpha value is -1.59. The van der Waals surface area contributed by atoms with Crippen LogP contribution in [-0.2, 0) is 22.5 Å². The summed E-state index contributed by atoms with van der Waals surface area (Å²) in [5.74, 6) is 1.33. The van der Waals surface area contributed by atoms with Crippen LogP contribution in [0.3, 0.4) is 0 Å². The van der Waals surface area contributed by atoms with E-state index in [2.05, 4.69) is 28.4 Å². The fourth-order valence-electron chi connectivity index (χ4n) is 3.77. The predicted octanol–water partition coefficient (Wildman–Crippen LogP) is 2.76. The Kier molecular flexibility index (Phi) is 6.92. The van der Waals surface area contributed by atoms with Gasteiger partial charge in [-0.15, -0.1) is 0 Å². The van der Waals surface area contributed by atoms with E-state index in [-0.39, 0.29) is 5.92 Å². The number of ether oxygens (including phenoxy) is 2. The molecule has 1 aromatic carbocycles. The van der Waals surface area contributed by atoms with Crippen LogP contribution in [0.1, 0.15) is 43.2 Å². The lowest BCUT2D eigenvalue weighted by atomic mass is 9.97. The van der Waals surface area contributed by atoms with Crippen LogP contribution < -0.4 is 10.1 Å². The number of nitrogens with zero attached hydrogens (tertiary/aromatic N) is 1. The van der Waals surface area contributed by atoms with Gasteiger partial charge in [0, 0.05) is 32.8 Å². The van der Waals surface area contributed by atoms with Crippen molar-refractivity contribution >= 4 is 5.91 Å². The number of aryl methyl sites for hydroxylation is 1.